The lowest BCUT2D eigenvalue weighted by Crippen LogP contribution is -2.11. The second kappa shape index (κ2) is 10.7. The van der Waals surface area contributed by atoms with Crippen LogP contribution in [0.5, 0.6) is 0 Å². The van der Waals surface area contributed by atoms with Crippen LogP contribution in [0.3, 0.4) is 0 Å². The van der Waals surface area contributed by atoms with Crippen molar-refractivity contribution in [2.75, 3.05) is 51.1 Å². The summed E-state index contributed by atoms with van der Waals surface area (Å²) in [5, 5.41) is 0.804. The Kier molecular flexibility index (Phi) is 11.0. The molecule has 0 aliphatic carbocycles. The van der Waals surface area contributed by atoms with E-state index >= 15 is 0 Å². The van der Waals surface area contributed by atoms with Gasteiger partial charge in [0.2, 0.25) is 0 Å². The van der Waals surface area contributed by atoms with E-state index in [0.717, 1.165) is 5.33 Å². The molecule has 0 unspecified atom stereocenters. The van der Waals surface area contributed by atoms with E-state index in [2.05, 4.69) is 15.9 Å². The van der Waals surface area contributed by atoms with Gasteiger partial charge in [-0.3, -0.25) is 4.57 Å². The molecule has 0 aromatic rings. The molecule has 0 aromatic heterocycles. The molecule has 2 N–H and O–H groups in total. The van der Waals surface area contributed by atoms with Crippen LogP contribution in [0.4, 0.5) is 0 Å². The van der Waals surface area contributed by atoms with Crippen molar-refractivity contribution >= 4 is 23.5 Å². The Morgan fingerprint density at radius 2 is 1.31 bits per heavy atom. The third-order valence-electron chi connectivity index (χ3n) is 1.49. The van der Waals surface area contributed by atoms with E-state index in [1.165, 1.54) is 0 Å². The summed E-state index contributed by atoms with van der Waals surface area (Å²) in [6.07, 6.45) is -0.249. The van der Waals surface area contributed by atoms with Crippen molar-refractivity contribution in [1.29, 1.82) is 0 Å². The van der Waals surface area contributed by atoms with Gasteiger partial charge < -0.3 is 24.0 Å². The molecule has 0 aliphatic rings. The smallest absolute Gasteiger partial charge is 0.327 e. The van der Waals surface area contributed by atoms with Crippen LogP contribution in [0, 0.1) is 0 Å². The van der Waals surface area contributed by atoms with Gasteiger partial charge in [0.25, 0.3) is 0 Å². The predicted octanol–water partition coefficient (Wildman–Crippen LogP) is 0.609. The summed E-state index contributed by atoms with van der Waals surface area (Å²) in [5.74, 6) is 0. The zero-order valence-corrected chi connectivity index (χ0v) is 11.5. The predicted molar refractivity (Wildman–Crippen MR) is 63.2 cm³/mol. The molecule has 6 nitrogen and oxygen atoms in total. The standard InChI is InChI=1S/C8H18BrO6P/c9-1-2-13-3-4-14-5-6-15-7-8-16(10,11)12/h1-8H2,(H2,10,11,12). The SMILES string of the molecule is O=P(O)(O)CCOCCOCCOCCBr. The van der Waals surface area contributed by atoms with Gasteiger partial charge in [0.1, 0.15) is 0 Å². The maximum atomic E-state index is 10.4. The van der Waals surface area contributed by atoms with Gasteiger partial charge in [-0.2, -0.15) is 0 Å². The molecule has 8 heteroatoms. The van der Waals surface area contributed by atoms with Crippen molar-refractivity contribution < 1.29 is 28.6 Å². The number of hydrogen-bond acceptors (Lipinski definition) is 4. The first-order valence-corrected chi connectivity index (χ1v) is 7.82. The van der Waals surface area contributed by atoms with E-state index < -0.39 is 7.60 Å². The fourth-order valence-electron chi connectivity index (χ4n) is 0.780. The molecule has 0 bridgehead atoms. The second-order valence-electron chi connectivity index (χ2n) is 2.91. The molecular weight excluding hydrogens is 303 g/mol. The summed E-state index contributed by atoms with van der Waals surface area (Å²) in [6, 6.07) is 0. The minimum atomic E-state index is -3.93. The summed E-state index contributed by atoms with van der Waals surface area (Å²) >= 11 is 3.23. The van der Waals surface area contributed by atoms with E-state index in [4.69, 9.17) is 24.0 Å². The molecule has 16 heavy (non-hydrogen) atoms. The van der Waals surface area contributed by atoms with Crippen LogP contribution < -0.4 is 0 Å². The van der Waals surface area contributed by atoms with Gasteiger partial charge in [-0.25, -0.2) is 0 Å². The quantitative estimate of drug-likeness (QED) is 0.329. The summed E-state index contributed by atoms with van der Waals surface area (Å²) in [4.78, 5) is 17.0. The molecule has 0 saturated heterocycles. The highest BCUT2D eigenvalue weighted by Crippen LogP contribution is 2.33. The largest absolute Gasteiger partial charge is 0.378 e. The lowest BCUT2D eigenvalue weighted by molar-refractivity contribution is 0.0200. The Morgan fingerprint density at radius 3 is 1.75 bits per heavy atom. The molecule has 0 aliphatic heterocycles. The van der Waals surface area contributed by atoms with E-state index in [1.807, 2.05) is 0 Å². The highest BCUT2D eigenvalue weighted by Gasteiger charge is 2.11. The highest BCUT2D eigenvalue weighted by molar-refractivity contribution is 9.09. The summed E-state index contributed by atoms with van der Waals surface area (Å²) in [7, 11) is -3.93. The van der Waals surface area contributed by atoms with Crippen molar-refractivity contribution in [2.24, 2.45) is 0 Å². The average molecular weight is 321 g/mol. The molecule has 0 amide bonds. The maximum absolute atomic E-state index is 10.4. The molecule has 0 fully saturated rings. The Hall–Kier alpha value is 0.510. The molecule has 0 saturated carbocycles. The van der Waals surface area contributed by atoms with Crippen LogP contribution in [-0.2, 0) is 18.8 Å². The van der Waals surface area contributed by atoms with Gasteiger partial charge in [-0.1, -0.05) is 15.9 Å². The number of hydrogen-bond donors (Lipinski definition) is 2. The van der Waals surface area contributed by atoms with E-state index in [0.29, 0.717) is 33.0 Å². The number of ether oxygens (including phenoxy) is 3. The van der Waals surface area contributed by atoms with Gasteiger partial charge in [0, 0.05) is 5.33 Å². The zero-order valence-electron chi connectivity index (χ0n) is 9.01. The van der Waals surface area contributed by atoms with Crippen molar-refractivity contribution in [2.45, 2.75) is 0 Å². The molecule has 0 rings (SSSR count). The van der Waals surface area contributed by atoms with Crippen LogP contribution >= 0.6 is 23.5 Å². The van der Waals surface area contributed by atoms with Gasteiger partial charge in [0.05, 0.1) is 45.8 Å². The van der Waals surface area contributed by atoms with Gasteiger partial charge >= 0.3 is 7.60 Å². The summed E-state index contributed by atoms with van der Waals surface area (Å²) < 4.78 is 25.7. The number of alkyl halides is 1. The molecule has 98 valence electrons. The van der Waals surface area contributed by atoms with Crippen LogP contribution in [0.15, 0.2) is 0 Å². The topological polar surface area (TPSA) is 85.2 Å². The third kappa shape index (κ3) is 14.5. The van der Waals surface area contributed by atoms with Crippen molar-refractivity contribution in [1.82, 2.24) is 0 Å². The second-order valence-corrected chi connectivity index (χ2v) is 5.48. The van der Waals surface area contributed by atoms with Gasteiger partial charge in [-0.05, 0) is 0 Å². The number of halogens is 1. The lowest BCUT2D eigenvalue weighted by Gasteiger charge is -2.06. The molecule has 0 spiro atoms. The molecule has 0 atom stereocenters. The van der Waals surface area contributed by atoms with Crippen LogP contribution in [0.2, 0.25) is 0 Å². The van der Waals surface area contributed by atoms with Gasteiger partial charge in [0.15, 0.2) is 0 Å². The fraction of sp³-hybridized carbons (Fsp3) is 1.00. The lowest BCUT2D eigenvalue weighted by atomic mass is 10.7. The minimum Gasteiger partial charge on any atom is -0.378 e. The van der Waals surface area contributed by atoms with Crippen LogP contribution in [0.1, 0.15) is 0 Å². The Labute approximate surface area is 104 Å². The summed E-state index contributed by atoms with van der Waals surface area (Å²) in [5.41, 5.74) is 0. The van der Waals surface area contributed by atoms with Crippen LogP contribution in [-0.4, -0.2) is 60.9 Å². The van der Waals surface area contributed by atoms with Crippen molar-refractivity contribution in [3.05, 3.63) is 0 Å². The Bertz CT molecular complexity index is 197. The minimum absolute atomic E-state index is 0.0493. The fourth-order valence-corrected chi connectivity index (χ4v) is 1.38. The Morgan fingerprint density at radius 1 is 0.875 bits per heavy atom. The van der Waals surface area contributed by atoms with Crippen molar-refractivity contribution in [3.8, 4) is 0 Å². The first-order chi connectivity index (χ1) is 7.56. The first-order valence-electron chi connectivity index (χ1n) is 4.90. The monoisotopic (exact) mass is 320 g/mol. The van der Waals surface area contributed by atoms with E-state index in [-0.39, 0.29) is 12.8 Å². The normalized spacial score (nSPS) is 11.9. The summed E-state index contributed by atoms with van der Waals surface area (Å²) in [6.45, 7) is 2.47. The molecular formula is C8H18BrO6P. The van der Waals surface area contributed by atoms with Crippen LogP contribution in [0.25, 0.3) is 0 Å². The highest BCUT2D eigenvalue weighted by atomic mass is 79.9. The third-order valence-corrected chi connectivity index (χ3v) is 2.58. The first kappa shape index (κ1) is 16.5. The van der Waals surface area contributed by atoms with Crippen molar-refractivity contribution in [3.63, 3.8) is 0 Å². The molecule has 0 radical (unpaired) electrons. The Balaban J connectivity index is 3.02. The van der Waals surface area contributed by atoms with E-state index in [9.17, 15) is 4.57 Å². The van der Waals surface area contributed by atoms with E-state index in [1.54, 1.807) is 0 Å². The molecule has 0 heterocycles. The maximum Gasteiger partial charge on any atom is 0.327 e. The molecule has 0 aromatic carbocycles. The van der Waals surface area contributed by atoms with Gasteiger partial charge in [-0.15, -0.1) is 0 Å². The zero-order chi connectivity index (χ0) is 12.3. The average Bonchev–Trinajstić information content (AvgIpc) is 2.19. The number of rotatable bonds is 11.